The summed E-state index contributed by atoms with van der Waals surface area (Å²) >= 11 is 0. The van der Waals surface area contributed by atoms with E-state index in [1.807, 2.05) is 42.5 Å². The lowest BCUT2D eigenvalue weighted by Crippen LogP contribution is -2.26. The zero-order valence-corrected chi connectivity index (χ0v) is 20.7. The summed E-state index contributed by atoms with van der Waals surface area (Å²) in [5.41, 5.74) is 2.35. The van der Waals surface area contributed by atoms with Crippen molar-refractivity contribution >= 4 is 17.5 Å². The average molecular weight is 451 g/mol. The molecule has 0 fully saturated rings. The van der Waals surface area contributed by atoms with E-state index in [2.05, 4.69) is 12.2 Å². The number of unbranched alkanes of at least 4 members (excludes halogenated alkanes) is 10. The van der Waals surface area contributed by atoms with Gasteiger partial charge in [0.15, 0.2) is 0 Å². The summed E-state index contributed by atoms with van der Waals surface area (Å²) in [6.07, 6.45) is 14.5. The average Bonchev–Trinajstić information content (AvgIpc) is 2.83. The lowest BCUT2D eigenvalue weighted by molar-refractivity contribution is -0.116. The highest BCUT2D eigenvalue weighted by Crippen LogP contribution is 2.16. The highest BCUT2D eigenvalue weighted by Gasteiger charge is 2.13. The Hall–Kier alpha value is -2.62. The molecule has 4 nitrogen and oxygen atoms in total. The number of carbonyl (C=O) groups excluding carboxylic acids is 2. The van der Waals surface area contributed by atoms with Crippen LogP contribution in [-0.4, -0.2) is 23.8 Å². The quantitative estimate of drug-likeness (QED) is 0.268. The summed E-state index contributed by atoms with van der Waals surface area (Å²) in [4.78, 5) is 26.8. The maximum atomic E-state index is 12.8. The van der Waals surface area contributed by atoms with Crippen molar-refractivity contribution in [2.75, 3.05) is 12.4 Å². The van der Waals surface area contributed by atoms with E-state index >= 15 is 0 Å². The van der Waals surface area contributed by atoms with Gasteiger partial charge in [0, 0.05) is 31.3 Å². The third-order valence-corrected chi connectivity index (χ3v) is 6.01. The van der Waals surface area contributed by atoms with Crippen LogP contribution in [0, 0.1) is 0 Å². The molecule has 4 heteroatoms. The Kier molecular flexibility index (Phi) is 13.0. The van der Waals surface area contributed by atoms with Gasteiger partial charge in [0.1, 0.15) is 0 Å². The first-order valence-corrected chi connectivity index (χ1v) is 12.8. The fraction of sp³-hybridized carbons (Fsp3) is 0.517. The highest BCUT2D eigenvalue weighted by molar-refractivity contribution is 5.97. The molecule has 0 radical (unpaired) electrons. The van der Waals surface area contributed by atoms with Crippen LogP contribution in [0.5, 0.6) is 0 Å². The Morgan fingerprint density at radius 1 is 0.758 bits per heavy atom. The molecule has 0 saturated carbocycles. The van der Waals surface area contributed by atoms with E-state index in [0.717, 1.165) is 18.4 Å². The molecule has 180 valence electrons. The zero-order chi connectivity index (χ0) is 23.7. The Balaban J connectivity index is 1.63. The van der Waals surface area contributed by atoms with Crippen LogP contribution < -0.4 is 5.32 Å². The van der Waals surface area contributed by atoms with Crippen molar-refractivity contribution in [3.63, 3.8) is 0 Å². The van der Waals surface area contributed by atoms with Gasteiger partial charge in [-0.15, -0.1) is 0 Å². The number of hydrogen-bond acceptors (Lipinski definition) is 2. The van der Waals surface area contributed by atoms with Gasteiger partial charge in [-0.3, -0.25) is 9.59 Å². The fourth-order valence-corrected chi connectivity index (χ4v) is 4.05. The summed E-state index contributed by atoms with van der Waals surface area (Å²) in [6, 6.07) is 17.1. The fourth-order valence-electron chi connectivity index (χ4n) is 4.05. The number of anilines is 1. The van der Waals surface area contributed by atoms with Gasteiger partial charge in [0.25, 0.3) is 5.91 Å². The van der Waals surface area contributed by atoms with Crippen molar-refractivity contribution in [1.82, 2.24) is 4.90 Å². The number of hydrogen-bond donors (Lipinski definition) is 1. The minimum atomic E-state index is -0.0553. The highest BCUT2D eigenvalue weighted by atomic mass is 16.2. The van der Waals surface area contributed by atoms with Gasteiger partial charge in [-0.2, -0.15) is 0 Å². The Labute approximate surface area is 200 Å². The van der Waals surface area contributed by atoms with Crippen LogP contribution in [0.1, 0.15) is 99.9 Å². The van der Waals surface area contributed by atoms with E-state index in [1.165, 1.54) is 57.8 Å². The molecule has 2 rings (SSSR count). The number of benzene rings is 2. The molecule has 33 heavy (non-hydrogen) atoms. The van der Waals surface area contributed by atoms with Crippen molar-refractivity contribution in [3.8, 4) is 0 Å². The van der Waals surface area contributed by atoms with Crippen LogP contribution in [0.25, 0.3) is 0 Å². The van der Waals surface area contributed by atoms with E-state index in [0.29, 0.717) is 24.2 Å². The summed E-state index contributed by atoms with van der Waals surface area (Å²) in [5, 5.41) is 2.95. The SMILES string of the molecule is CCCCCCCCCCCCCC(=O)Nc1cccc(C(=O)N(C)Cc2ccccc2)c1. The molecule has 0 atom stereocenters. The summed E-state index contributed by atoms with van der Waals surface area (Å²) < 4.78 is 0. The topological polar surface area (TPSA) is 49.4 Å². The minimum Gasteiger partial charge on any atom is -0.337 e. The minimum absolute atomic E-state index is 0.0214. The van der Waals surface area contributed by atoms with Crippen molar-refractivity contribution in [3.05, 3.63) is 65.7 Å². The molecule has 0 aliphatic heterocycles. The predicted octanol–water partition coefficient (Wildman–Crippen LogP) is 7.60. The molecule has 0 saturated heterocycles. The number of rotatable bonds is 16. The molecule has 0 aliphatic rings. The molecule has 2 amide bonds. The first-order valence-electron chi connectivity index (χ1n) is 12.8. The second-order valence-corrected chi connectivity index (χ2v) is 9.06. The van der Waals surface area contributed by atoms with Gasteiger partial charge in [-0.05, 0) is 30.2 Å². The van der Waals surface area contributed by atoms with Crippen LogP contribution in [0.4, 0.5) is 5.69 Å². The number of carbonyl (C=O) groups is 2. The molecular formula is C29H42N2O2. The maximum absolute atomic E-state index is 12.8. The molecule has 0 aromatic heterocycles. The van der Waals surface area contributed by atoms with Gasteiger partial charge in [-0.1, -0.05) is 108 Å². The molecule has 0 heterocycles. The maximum Gasteiger partial charge on any atom is 0.253 e. The second-order valence-electron chi connectivity index (χ2n) is 9.06. The van der Waals surface area contributed by atoms with Gasteiger partial charge in [0.05, 0.1) is 0 Å². The van der Waals surface area contributed by atoms with Gasteiger partial charge in [0.2, 0.25) is 5.91 Å². The summed E-state index contributed by atoms with van der Waals surface area (Å²) in [6.45, 7) is 2.81. The van der Waals surface area contributed by atoms with Crippen molar-refractivity contribution in [2.24, 2.45) is 0 Å². The van der Waals surface area contributed by atoms with Crippen molar-refractivity contribution in [2.45, 2.75) is 90.5 Å². The van der Waals surface area contributed by atoms with Crippen molar-refractivity contribution in [1.29, 1.82) is 0 Å². The molecular weight excluding hydrogens is 408 g/mol. The molecule has 2 aromatic rings. The van der Waals surface area contributed by atoms with E-state index in [4.69, 9.17) is 0 Å². The van der Waals surface area contributed by atoms with Gasteiger partial charge < -0.3 is 10.2 Å². The molecule has 0 aliphatic carbocycles. The van der Waals surface area contributed by atoms with E-state index in [-0.39, 0.29) is 11.8 Å². The van der Waals surface area contributed by atoms with Crippen LogP contribution in [0.2, 0.25) is 0 Å². The smallest absolute Gasteiger partial charge is 0.253 e. The normalized spacial score (nSPS) is 10.7. The van der Waals surface area contributed by atoms with Gasteiger partial charge in [-0.25, -0.2) is 0 Å². The molecule has 1 N–H and O–H groups in total. The third-order valence-electron chi connectivity index (χ3n) is 6.01. The number of amides is 2. The van der Waals surface area contributed by atoms with E-state index in [9.17, 15) is 9.59 Å². The van der Waals surface area contributed by atoms with Gasteiger partial charge >= 0.3 is 0 Å². The Morgan fingerprint density at radius 3 is 2.00 bits per heavy atom. The van der Waals surface area contributed by atoms with E-state index in [1.54, 1.807) is 24.1 Å². The second kappa shape index (κ2) is 16.1. The first-order chi connectivity index (χ1) is 16.1. The Bertz CT molecular complexity index is 819. The third kappa shape index (κ3) is 11.2. The van der Waals surface area contributed by atoms with E-state index < -0.39 is 0 Å². The first kappa shape index (κ1) is 26.6. The zero-order valence-electron chi connectivity index (χ0n) is 20.7. The summed E-state index contributed by atoms with van der Waals surface area (Å²) in [5.74, 6) is -0.0338. The molecule has 2 aromatic carbocycles. The number of nitrogens with zero attached hydrogens (tertiary/aromatic N) is 1. The largest absolute Gasteiger partial charge is 0.337 e. The molecule has 0 spiro atoms. The summed E-state index contributed by atoms with van der Waals surface area (Å²) in [7, 11) is 1.80. The lowest BCUT2D eigenvalue weighted by Gasteiger charge is -2.18. The molecule has 0 bridgehead atoms. The number of nitrogens with one attached hydrogen (secondary N) is 1. The standard InChI is InChI=1S/C29H42N2O2/c1-3-4-5-6-7-8-9-10-11-12-16-22-28(32)30-27-21-17-20-26(23-27)29(33)31(2)24-25-18-14-13-15-19-25/h13-15,17-21,23H,3-12,16,22,24H2,1-2H3,(H,30,32). The van der Waals surface area contributed by atoms with Crippen LogP contribution in [0.15, 0.2) is 54.6 Å². The Morgan fingerprint density at radius 2 is 1.36 bits per heavy atom. The van der Waals surface area contributed by atoms with Crippen LogP contribution >= 0.6 is 0 Å². The van der Waals surface area contributed by atoms with Crippen LogP contribution in [-0.2, 0) is 11.3 Å². The van der Waals surface area contributed by atoms with Crippen LogP contribution in [0.3, 0.4) is 0 Å². The predicted molar refractivity (Wildman–Crippen MR) is 138 cm³/mol. The lowest BCUT2D eigenvalue weighted by atomic mass is 10.1. The monoisotopic (exact) mass is 450 g/mol. The van der Waals surface area contributed by atoms with Crippen molar-refractivity contribution < 1.29 is 9.59 Å². The molecule has 0 unspecified atom stereocenters.